The van der Waals surface area contributed by atoms with Gasteiger partial charge in [-0.25, -0.2) is 4.98 Å². The van der Waals surface area contributed by atoms with Crippen LogP contribution in [0, 0.1) is 6.92 Å². The van der Waals surface area contributed by atoms with Crippen LogP contribution in [-0.4, -0.2) is 29.4 Å². The third kappa shape index (κ3) is 4.48. The molecule has 1 saturated carbocycles. The first-order chi connectivity index (χ1) is 15.8. The van der Waals surface area contributed by atoms with E-state index in [1.54, 1.807) is 11.8 Å². The van der Waals surface area contributed by atoms with Crippen LogP contribution in [0.2, 0.25) is 0 Å². The predicted molar refractivity (Wildman–Crippen MR) is 133 cm³/mol. The van der Waals surface area contributed by atoms with Crippen LogP contribution in [0.25, 0.3) is 16.3 Å². The van der Waals surface area contributed by atoms with Crippen LogP contribution in [0.3, 0.4) is 0 Å². The van der Waals surface area contributed by atoms with E-state index >= 15 is 0 Å². The lowest BCUT2D eigenvalue weighted by Crippen LogP contribution is -2.14. The Labute approximate surface area is 201 Å². The molecule has 9 heteroatoms. The molecule has 5 rings (SSSR count). The van der Waals surface area contributed by atoms with E-state index < -0.39 is 0 Å². The van der Waals surface area contributed by atoms with Crippen LogP contribution in [0.1, 0.15) is 68.8 Å². The molecule has 0 saturated heterocycles. The van der Waals surface area contributed by atoms with E-state index in [2.05, 4.69) is 69.9 Å². The number of aryl methyl sites for hydroxylation is 1. The highest BCUT2D eigenvalue weighted by atomic mass is 32.2. The van der Waals surface area contributed by atoms with Gasteiger partial charge in [-0.3, -0.25) is 9.36 Å². The maximum absolute atomic E-state index is 12.2. The summed E-state index contributed by atoms with van der Waals surface area (Å²) in [6, 6.07) is 10.7. The molecule has 3 heterocycles. The molecule has 0 radical (unpaired) electrons. The average Bonchev–Trinajstić information content (AvgIpc) is 3.50. The maximum atomic E-state index is 12.2. The summed E-state index contributed by atoms with van der Waals surface area (Å²) >= 11 is 3.08. The fraction of sp³-hybridized carbons (Fsp3) is 0.458. The second kappa shape index (κ2) is 8.68. The summed E-state index contributed by atoms with van der Waals surface area (Å²) in [4.78, 5) is 17.3. The summed E-state index contributed by atoms with van der Waals surface area (Å²) in [6.07, 6.45) is 4.78. The van der Waals surface area contributed by atoms with E-state index in [-0.39, 0.29) is 11.0 Å². The molecule has 7 nitrogen and oxygen atoms in total. The van der Waals surface area contributed by atoms with Gasteiger partial charge in [-0.2, -0.15) is 9.61 Å². The van der Waals surface area contributed by atoms with Gasteiger partial charge in [0, 0.05) is 23.4 Å². The number of rotatable bonds is 5. The molecular formula is C24H28N6OS2. The number of hydrogen-bond donors (Lipinski definition) is 0. The monoisotopic (exact) mass is 480 g/mol. The van der Waals surface area contributed by atoms with E-state index in [9.17, 15) is 4.79 Å². The number of nitrogens with zero attached hydrogens (tertiary/aromatic N) is 6. The van der Waals surface area contributed by atoms with Crippen molar-refractivity contribution in [3.63, 3.8) is 0 Å². The Morgan fingerprint density at radius 2 is 1.85 bits per heavy atom. The molecule has 0 amide bonds. The van der Waals surface area contributed by atoms with Crippen molar-refractivity contribution in [1.29, 1.82) is 0 Å². The van der Waals surface area contributed by atoms with Gasteiger partial charge < -0.3 is 0 Å². The molecule has 1 aliphatic carbocycles. The van der Waals surface area contributed by atoms with Crippen LogP contribution in [-0.2, 0) is 11.2 Å². The Morgan fingerprint density at radius 1 is 1.12 bits per heavy atom. The first-order valence-corrected chi connectivity index (χ1v) is 13.1. The smallest absolute Gasteiger partial charge is 0.275 e. The fourth-order valence-electron chi connectivity index (χ4n) is 4.33. The summed E-state index contributed by atoms with van der Waals surface area (Å²) in [5, 5.41) is 15.4. The van der Waals surface area contributed by atoms with E-state index in [1.807, 2.05) is 6.92 Å². The zero-order chi connectivity index (χ0) is 23.2. The lowest BCUT2D eigenvalue weighted by molar-refractivity contribution is 0.485. The fourth-order valence-corrected chi connectivity index (χ4v) is 6.26. The lowest BCUT2D eigenvalue weighted by atomic mass is 9.86. The van der Waals surface area contributed by atoms with E-state index in [4.69, 9.17) is 0 Å². The molecule has 0 unspecified atom stereocenters. The molecule has 1 aromatic carbocycles. The van der Waals surface area contributed by atoms with Gasteiger partial charge in [-0.15, -0.1) is 10.2 Å². The summed E-state index contributed by atoms with van der Waals surface area (Å²) in [5.74, 6) is 1.56. The summed E-state index contributed by atoms with van der Waals surface area (Å²) < 4.78 is 3.71. The zero-order valence-corrected chi connectivity index (χ0v) is 21.0. The Hall–Kier alpha value is -2.52. The molecule has 0 spiro atoms. The highest BCUT2D eigenvalue weighted by Crippen LogP contribution is 2.38. The van der Waals surface area contributed by atoms with Crippen molar-refractivity contribution in [2.45, 2.75) is 75.7 Å². The SMILES string of the molecule is Cc1cc(=O)n2nc(CSc3nnc(-c4ccc(C(C)(C)C)cc4)n3C3CCCC3)sc2n1. The van der Waals surface area contributed by atoms with Crippen molar-refractivity contribution in [1.82, 2.24) is 29.4 Å². The van der Waals surface area contributed by atoms with Crippen molar-refractivity contribution < 1.29 is 0 Å². The van der Waals surface area contributed by atoms with Crippen LogP contribution >= 0.6 is 23.1 Å². The molecule has 0 bridgehead atoms. The Morgan fingerprint density at radius 3 is 2.55 bits per heavy atom. The van der Waals surface area contributed by atoms with E-state index in [0.29, 0.717) is 22.4 Å². The Bertz CT molecular complexity index is 1340. The Kier molecular flexibility index (Phi) is 5.86. The molecule has 0 atom stereocenters. The molecule has 3 aromatic heterocycles. The first kappa shape index (κ1) is 22.3. The van der Waals surface area contributed by atoms with Gasteiger partial charge in [0.1, 0.15) is 5.01 Å². The van der Waals surface area contributed by atoms with Crippen LogP contribution in [0.4, 0.5) is 0 Å². The van der Waals surface area contributed by atoms with Gasteiger partial charge in [0.25, 0.3) is 5.56 Å². The van der Waals surface area contributed by atoms with Crippen molar-refractivity contribution in [3.05, 3.63) is 57.0 Å². The summed E-state index contributed by atoms with van der Waals surface area (Å²) in [6.45, 7) is 8.51. The minimum atomic E-state index is -0.139. The molecule has 1 aliphatic rings. The molecule has 0 aliphatic heterocycles. The molecule has 4 aromatic rings. The van der Waals surface area contributed by atoms with Gasteiger partial charge in [0.05, 0.1) is 5.75 Å². The van der Waals surface area contributed by atoms with Gasteiger partial charge in [0.2, 0.25) is 4.96 Å². The number of fused-ring (bicyclic) bond motifs is 1. The minimum Gasteiger partial charge on any atom is -0.299 e. The zero-order valence-electron chi connectivity index (χ0n) is 19.4. The highest BCUT2D eigenvalue weighted by Gasteiger charge is 2.25. The average molecular weight is 481 g/mol. The van der Waals surface area contributed by atoms with Crippen molar-refractivity contribution in [2.24, 2.45) is 0 Å². The van der Waals surface area contributed by atoms with Crippen LogP contribution in [0.5, 0.6) is 0 Å². The summed E-state index contributed by atoms with van der Waals surface area (Å²) in [7, 11) is 0. The molecule has 1 fully saturated rings. The van der Waals surface area contributed by atoms with Crippen molar-refractivity contribution in [2.75, 3.05) is 0 Å². The number of thioether (sulfide) groups is 1. The molecule has 33 heavy (non-hydrogen) atoms. The maximum Gasteiger partial charge on any atom is 0.275 e. The van der Waals surface area contributed by atoms with Crippen LogP contribution in [0.15, 0.2) is 40.3 Å². The first-order valence-electron chi connectivity index (χ1n) is 11.3. The predicted octanol–water partition coefficient (Wildman–Crippen LogP) is 5.42. The second-order valence-corrected chi connectivity index (χ2v) is 11.6. The molecule has 172 valence electrons. The third-order valence-corrected chi connectivity index (χ3v) is 8.15. The third-order valence-electron chi connectivity index (χ3n) is 6.10. The van der Waals surface area contributed by atoms with Gasteiger partial charge in [-0.05, 0) is 30.7 Å². The van der Waals surface area contributed by atoms with Crippen LogP contribution < -0.4 is 5.56 Å². The summed E-state index contributed by atoms with van der Waals surface area (Å²) in [5.41, 5.74) is 3.10. The number of aromatic nitrogens is 6. The van der Waals surface area contributed by atoms with Gasteiger partial charge in [0.15, 0.2) is 11.0 Å². The standard InChI is InChI=1S/C24H28N6OS2/c1-15-13-20(31)30-22(25-15)33-19(28-30)14-32-23-27-26-21(29(23)18-7-5-6-8-18)16-9-11-17(12-10-16)24(2,3)4/h9-13,18H,5-8,14H2,1-4H3. The van der Waals surface area contributed by atoms with Crippen molar-refractivity contribution >= 4 is 28.1 Å². The minimum absolute atomic E-state index is 0.116. The molecular weight excluding hydrogens is 452 g/mol. The number of hydrogen-bond acceptors (Lipinski definition) is 7. The normalized spacial score (nSPS) is 15.0. The van der Waals surface area contributed by atoms with E-state index in [1.165, 1.54) is 40.3 Å². The van der Waals surface area contributed by atoms with Gasteiger partial charge in [-0.1, -0.05) is 81.0 Å². The van der Waals surface area contributed by atoms with Crippen molar-refractivity contribution in [3.8, 4) is 11.4 Å². The second-order valence-electron chi connectivity index (χ2n) is 9.66. The lowest BCUT2D eigenvalue weighted by Gasteiger charge is -2.20. The largest absolute Gasteiger partial charge is 0.299 e. The Balaban J connectivity index is 1.45. The quantitative estimate of drug-likeness (QED) is 0.355. The number of benzene rings is 1. The van der Waals surface area contributed by atoms with Gasteiger partial charge >= 0.3 is 0 Å². The molecule has 0 N–H and O–H groups in total. The highest BCUT2D eigenvalue weighted by molar-refractivity contribution is 7.98. The van der Waals surface area contributed by atoms with E-state index in [0.717, 1.165) is 34.4 Å². The topological polar surface area (TPSA) is 78.0 Å².